The van der Waals surface area contributed by atoms with Crippen LogP contribution in [0.5, 0.6) is 0 Å². The summed E-state index contributed by atoms with van der Waals surface area (Å²) in [7, 11) is 0. The Balaban J connectivity index is 2.17. The van der Waals surface area contributed by atoms with Gasteiger partial charge < -0.3 is 5.32 Å². The molecular formula is C15H16N4S. The lowest BCUT2D eigenvalue weighted by molar-refractivity contribution is 0.637. The maximum Gasteiger partial charge on any atom is 0.0776 e. The Morgan fingerprint density at radius 2 is 2.10 bits per heavy atom. The molecule has 1 unspecified atom stereocenters. The highest BCUT2D eigenvalue weighted by atomic mass is 32.1. The van der Waals surface area contributed by atoms with Crippen LogP contribution in [0.1, 0.15) is 29.1 Å². The highest BCUT2D eigenvalue weighted by Crippen LogP contribution is 2.30. The zero-order chi connectivity index (χ0) is 13.9. The summed E-state index contributed by atoms with van der Waals surface area (Å²) in [6.07, 6.45) is 3.84. The monoisotopic (exact) mass is 284 g/mol. The average Bonchev–Trinajstić information content (AvgIpc) is 2.90. The van der Waals surface area contributed by atoms with Gasteiger partial charge >= 0.3 is 0 Å². The van der Waals surface area contributed by atoms with E-state index in [1.165, 1.54) is 22.5 Å². The first-order valence-electron chi connectivity index (χ1n) is 6.66. The second kappa shape index (κ2) is 5.64. The fraction of sp³-hybridized carbons (Fsp3) is 0.267. The molecule has 0 fully saturated rings. The van der Waals surface area contributed by atoms with Crippen LogP contribution in [-0.4, -0.2) is 21.1 Å². The van der Waals surface area contributed by atoms with Crippen LogP contribution in [0.3, 0.4) is 0 Å². The zero-order valence-corrected chi connectivity index (χ0v) is 12.3. The van der Waals surface area contributed by atoms with Gasteiger partial charge in [-0.05, 0) is 30.4 Å². The molecule has 0 radical (unpaired) electrons. The van der Waals surface area contributed by atoms with E-state index < -0.39 is 0 Å². The highest BCUT2D eigenvalue weighted by Gasteiger charge is 2.20. The summed E-state index contributed by atoms with van der Waals surface area (Å²) in [5.41, 5.74) is 2.16. The number of aromatic nitrogens is 3. The first kappa shape index (κ1) is 13.1. The molecule has 3 rings (SSSR count). The smallest absolute Gasteiger partial charge is 0.0776 e. The molecule has 0 saturated carbocycles. The third-order valence-electron chi connectivity index (χ3n) is 3.37. The fourth-order valence-corrected chi connectivity index (χ4v) is 3.16. The van der Waals surface area contributed by atoms with Gasteiger partial charge in [0.25, 0.3) is 0 Å². The molecule has 0 aliphatic rings. The average molecular weight is 284 g/mol. The Bertz CT molecular complexity index is 717. The lowest BCUT2D eigenvalue weighted by atomic mass is 10.00. The molecule has 4 nitrogen and oxygen atoms in total. The predicted octanol–water partition coefficient (Wildman–Crippen LogP) is 3.09. The van der Waals surface area contributed by atoms with Crippen LogP contribution >= 0.6 is 11.5 Å². The van der Waals surface area contributed by atoms with Crippen LogP contribution in [0, 0.1) is 6.92 Å². The Labute approximate surface area is 122 Å². The first-order chi connectivity index (χ1) is 9.81. The van der Waals surface area contributed by atoms with Gasteiger partial charge in [-0.25, -0.2) is 0 Å². The second-order valence-electron chi connectivity index (χ2n) is 4.66. The molecule has 5 heteroatoms. The number of rotatable bonds is 4. The van der Waals surface area contributed by atoms with Crippen molar-refractivity contribution in [3.05, 3.63) is 52.8 Å². The second-order valence-corrected chi connectivity index (χ2v) is 5.45. The van der Waals surface area contributed by atoms with Crippen LogP contribution in [0.25, 0.3) is 10.8 Å². The van der Waals surface area contributed by atoms with Crippen molar-refractivity contribution in [1.29, 1.82) is 0 Å². The Morgan fingerprint density at radius 3 is 2.85 bits per heavy atom. The van der Waals surface area contributed by atoms with Gasteiger partial charge in [-0.3, -0.25) is 4.98 Å². The van der Waals surface area contributed by atoms with Crippen molar-refractivity contribution in [1.82, 2.24) is 19.9 Å². The van der Waals surface area contributed by atoms with Gasteiger partial charge in [0, 0.05) is 23.3 Å². The van der Waals surface area contributed by atoms with Crippen molar-refractivity contribution in [3.8, 4) is 0 Å². The van der Waals surface area contributed by atoms with E-state index in [4.69, 9.17) is 0 Å². The highest BCUT2D eigenvalue weighted by molar-refractivity contribution is 7.05. The molecule has 0 saturated heterocycles. The van der Waals surface area contributed by atoms with Crippen molar-refractivity contribution in [2.24, 2.45) is 0 Å². The summed E-state index contributed by atoms with van der Waals surface area (Å²) >= 11 is 1.45. The largest absolute Gasteiger partial charge is 0.306 e. The molecule has 0 amide bonds. The van der Waals surface area contributed by atoms with E-state index in [-0.39, 0.29) is 6.04 Å². The summed E-state index contributed by atoms with van der Waals surface area (Å²) in [4.78, 5) is 5.54. The molecule has 2 heterocycles. The van der Waals surface area contributed by atoms with Gasteiger partial charge in [0.15, 0.2) is 0 Å². The standard InChI is InChI=1S/C15H16N4S/c1-3-17-14(15-10(2)18-19-20-15)13-9-16-8-11-6-4-5-7-12(11)13/h4-9,14,17H,3H2,1-2H3. The number of fused-ring (bicyclic) bond motifs is 1. The van der Waals surface area contributed by atoms with Crippen molar-refractivity contribution in [2.75, 3.05) is 6.54 Å². The van der Waals surface area contributed by atoms with E-state index in [1.807, 2.05) is 25.4 Å². The summed E-state index contributed by atoms with van der Waals surface area (Å²) in [5, 5.41) is 10.0. The minimum Gasteiger partial charge on any atom is -0.306 e. The Morgan fingerprint density at radius 1 is 1.25 bits per heavy atom. The summed E-state index contributed by atoms with van der Waals surface area (Å²) in [5.74, 6) is 0. The van der Waals surface area contributed by atoms with E-state index >= 15 is 0 Å². The molecule has 102 valence electrons. The number of aryl methyl sites for hydroxylation is 1. The summed E-state index contributed by atoms with van der Waals surface area (Å²) < 4.78 is 4.06. The number of hydrogen-bond acceptors (Lipinski definition) is 5. The maximum atomic E-state index is 4.38. The Hall–Kier alpha value is -1.85. The number of nitrogens with zero attached hydrogens (tertiary/aromatic N) is 3. The topological polar surface area (TPSA) is 50.7 Å². The minimum absolute atomic E-state index is 0.0959. The minimum atomic E-state index is 0.0959. The predicted molar refractivity (Wildman–Crippen MR) is 81.9 cm³/mol. The van der Waals surface area contributed by atoms with Crippen LogP contribution in [0.4, 0.5) is 0 Å². The van der Waals surface area contributed by atoms with E-state index in [0.29, 0.717) is 0 Å². The number of pyridine rings is 1. The van der Waals surface area contributed by atoms with Crippen molar-refractivity contribution >= 4 is 22.3 Å². The molecule has 1 atom stereocenters. The van der Waals surface area contributed by atoms with Crippen molar-refractivity contribution < 1.29 is 0 Å². The summed E-state index contributed by atoms with van der Waals surface area (Å²) in [6.45, 7) is 4.99. The molecule has 0 spiro atoms. The van der Waals surface area contributed by atoms with E-state index in [2.05, 4.69) is 45.0 Å². The van der Waals surface area contributed by atoms with Gasteiger partial charge in [-0.2, -0.15) is 0 Å². The molecule has 0 aliphatic heterocycles. The molecule has 0 bridgehead atoms. The van der Waals surface area contributed by atoms with Crippen molar-refractivity contribution in [3.63, 3.8) is 0 Å². The molecule has 2 aromatic heterocycles. The number of nitrogens with one attached hydrogen (secondary N) is 1. The Kier molecular flexibility index (Phi) is 3.71. The lowest BCUT2D eigenvalue weighted by Gasteiger charge is -2.18. The van der Waals surface area contributed by atoms with Crippen LogP contribution in [-0.2, 0) is 0 Å². The lowest BCUT2D eigenvalue weighted by Crippen LogP contribution is -2.22. The number of benzene rings is 1. The van der Waals surface area contributed by atoms with Crippen LogP contribution in [0.15, 0.2) is 36.7 Å². The van der Waals surface area contributed by atoms with Gasteiger partial charge in [-0.15, -0.1) is 5.10 Å². The van der Waals surface area contributed by atoms with E-state index in [9.17, 15) is 0 Å². The fourth-order valence-electron chi connectivity index (χ4n) is 2.42. The third-order valence-corrected chi connectivity index (χ3v) is 4.26. The summed E-state index contributed by atoms with van der Waals surface area (Å²) in [6, 6.07) is 8.42. The van der Waals surface area contributed by atoms with Gasteiger partial charge in [0.2, 0.25) is 0 Å². The zero-order valence-electron chi connectivity index (χ0n) is 11.5. The molecule has 20 heavy (non-hydrogen) atoms. The maximum absolute atomic E-state index is 4.38. The molecule has 1 aromatic carbocycles. The van der Waals surface area contributed by atoms with Crippen LogP contribution in [0.2, 0.25) is 0 Å². The van der Waals surface area contributed by atoms with Crippen molar-refractivity contribution in [2.45, 2.75) is 19.9 Å². The number of hydrogen-bond donors (Lipinski definition) is 1. The normalized spacial score (nSPS) is 12.7. The van der Waals surface area contributed by atoms with E-state index in [0.717, 1.165) is 22.5 Å². The van der Waals surface area contributed by atoms with Gasteiger partial charge in [0.05, 0.1) is 16.6 Å². The van der Waals surface area contributed by atoms with Gasteiger partial charge in [-0.1, -0.05) is 35.7 Å². The molecule has 0 aliphatic carbocycles. The molecular weight excluding hydrogens is 268 g/mol. The third kappa shape index (κ3) is 2.30. The van der Waals surface area contributed by atoms with Gasteiger partial charge in [0.1, 0.15) is 0 Å². The first-order valence-corrected chi connectivity index (χ1v) is 7.43. The molecule has 3 aromatic rings. The van der Waals surface area contributed by atoms with Crippen LogP contribution < -0.4 is 5.32 Å². The quantitative estimate of drug-likeness (QED) is 0.800. The van der Waals surface area contributed by atoms with E-state index in [1.54, 1.807) is 0 Å². The SMILES string of the molecule is CCNC(c1snnc1C)c1cncc2ccccc12. The molecule has 1 N–H and O–H groups in total.